The molecule has 1 aromatic rings. The van der Waals surface area contributed by atoms with E-state index in [1.165, 1.54) is 6.92 Å². The number of hydrogen-bond donors (Lipinski definition) is 1. The van der Waals surface area contributed by atoms with E-state index in [-0.39, 0.29) is 18.4 Å². The van der Waals surface area contributed by atoms with Crippen molar-refractivity contribution < 1.29 is 14.3 Å². The maximum absolute atomic E-state index is 11.9. The number of hydrogen-bond acceptors (Lipinski definition) is 4. The van der Waals surface area contributed by atoms with E-state index in [0.29, 0.717) is 19.5 Å². The first-order valence-electron chi connectivity index (χ1n) is 7.72. The van der Waals surface area contributed by atoms with Gasteiger partial charge in [0.1, 0.15) is 5.75 Å². The molecule has 0 aliphatic heterocycles. The second kappa shape index (κ2) is 9.84. The molecular formula is C17H27N3O3. The smallest absolute Gasteiger partial charge is 0.239 e. The Balaban J connectivity index is 2.44. The highest BCUT2D eigenvalue weighted by molar-refractivity contribution is 5.83. The molecule has 128 valence electrons. The van der Waals surface area contributed by atoms with Crippen molar-refractivity contribution in [3.63, 3.8) is 0 Å². The maximum atomic E-state index is 11.9. The molecule has 0 aliphatic carbocycles. The third-order valence-corrected chi connectivity index (χ3v) is 3.49. The molecule has 6 nitrogen and oxygen atoms in total. The number of benzene rings is 1. The molecule has 0 radical (unpaired) electrons. The molecule has 1 aromatic carbocycles. The summed E-state index contributed by atoms with van der Waals surface area (Å²) in [5.41, 5.74) is 1.10. The number of methoxy groups -OCH3 is 1. The second-order valence-electron chi connectivity index (χ2n) is 5.69. The van der Waals surface area contributed by atoms with Gasteiger partial charge in [0, 0.05) is 26.6 Å². The highest BCUT2D eigenvalue weighted by atomic mass is 16.5. The fraction of sp³-hybridized carbons (Fsp3) is 0.529. The summed E-state index contributed by atoms with van der Waals surface area (Å²) in [6.45, 7) is 3.45. The lowest BCUT2D eigenvalue weighted by Crippen LogP contribution is -2.42. The molecule has 6 heteroatoms. The van der Waals surface area contributed by atoms with Crippen molar-refractivity contribution in [3.8, 4) is 5.75 Å². The zero-order valence-corrected chi connectivity index (χ0v) is 14.5. The number of nitrogens with one attached hydrogen (secondary N) is 1. The first-order valence-corrected chi connectivity index (χ1v) is 7.72. The van der Waals surface area contributed by atoms with Crippen LogP contribution in [0.15, 0.2) is 24.3 Å². The first kappa shape index (κ1) is 19.0. The van der Waals surface area contributed by atoms with Gasteiger partial charge in [-0.1, -0.05) is 12.1 Å². The summed E-state index contributed by atoms with van der Waals surface area (Å²) >= 11 is 0. The topological polar surface area (TPSA) is 61.9 Å². The monoisotopic (exact) mass is 321 g/mol. The van der Waals surface area contributed by atoms with Crippen molar-refractivity contribution in [2.45, 2.75) is 13.3 Å². The first-order chi connectivity index (χ1) is 10.9. The summed E-state index contributed by atoms with van der Waals surface area (Å²) in [4.78, 5) is 27.2. The number of carbonyl (C=O) groups is 2. The zero-order chi connectivity index (χ0) is 17.2. The SMILES string of the molecule is COc1ccc(CCN(CC(=O)NCCN(C)C)C(C)=O)cc1. The number of ether oxygens (including phenoxy) is 1. The van der Waals surface area contributed by atoms with Crippen LogP contribution in [0.3, 0.4) is 0 Å². The molecule has 0 atom stereocenters. The van der Waals surface area contributed by atoms with E-state index in [9.17, 15) is 9.59 Å². The summed E-state index contributed by atoms with van der Waals surface area (Å²) in [6.07, 6.45) is 0.703. The molecule has 23 heavy (non-hydrogen) atoms. The van der Waals surface area contributed by atoms with Crippen LogP contribution in [0.25, 0.3) is 0 Å². The van der Waals surface area contributed by atoms with Gasteiger partial charge >= 0.3 is 0 Å². The molecule has 1 N–H and O–H groups in total. The Morgan fingerprint density at radius 2 is 1.78 bits per heavy atom. The van der Waals surface area contributed by atoms with Crippen molar-refractivity contribution in [2.24, 2.45) is 0 Å². The summed E-state index contributed by atoms with van der Waals surface area (Å²) in [5.74, 6) is 0.579. The number of nitrogens with zero attached hydrogens (tertiary/aromatic N) is 2. The van der Waals surface area contributed by atoms with Crippen LogP contribution in [0.1, 0.15) is 12.5 Å². The van der Waals surface area contributed by atoms with E-state index >= 15 is 0 Å². The Bertz CT molecular complexity index is 500. The van der Waals surface area contributed by atoms with Crippen molar-refractivity contribution in [3.05, 3.63) is 29.8 Å². The Kier molecular flexibility index (Phi) is 8.11. The number of likely N-dealkylation sites (N-methyl/N-ethyl adjacent to an activating group) is 1. The normalized spacial score (nSPS) is 10.5. The zero-order valence-electron chi connectivity index (χ0n) is 14.5. The minimum absolute atomic E-state index is 0.0960. The van der Waals surface area contributed by atoms with E-state index in [0.717, 1.165) is 17.9 Å². The maximum Gasteiger partial charge on any atom is 0.239 e. The van der Waals surface area contributed by atoms with Crippen LogP contribution in [0.4, 0.5) is 0 Å². The summed E-state index contributed by atoms with van der Waals surface area (Å²) in [5, 5.41) is 2.82. The lowest BCUT2D eigenvalue weighted by Gasteiger charge is -2.21. The van der Waals surface area contributed by atoms with Crippen LogP contribution in [0.2, 0.25) is 0 Å². The van der Waals surface area contributed by atoms with Crippen LogP contribution in [-0.4, -0.2) is 69.0 Å². The van der Waals surface area contributed by atoms with Crippen molar-refractivity contribution >= 4 is 11.8 Å². The molecule has 0 saturated heterocycles. The van der Waals surface area contributed by atoms with Crippen LogP contribution < -0.4 is 10.1 Å². The van der Waals surface area contributed by atoms with E-state index in [1.807, 2.05) is 43.3 Å². The van der Waals surface area contributed by atoms with Crippen molar-refractivity contribution in [1.29, 1.82) is 0 Å². The molecular weight excluding hydrogens is 294 g/mol. The summed E-state index contributed by atoms with van der Waals surface area (Å²) in [6, 6.07) is 7.71. The van der Waals surface area contributed by atoms with Gasteiger partial charge < -0.3 is 19.9 Å². The van der Waals surface area contributed by atoms with E-state index < -0.39 is 0 Å². The lowest BCUT2D eigenvalue weighted by atomic mass is 10.1. The number of amides is 2. The van der Waals surface area contributed by atoms with Crippen molar-refractivity contribution in [2.75, 3.05) is 47.4 Å². The van der Waals surface area contributed by atoms with Gasteiger partial charge in [-0.05, 0) is 38.2 Å². The molecule has 0 bridgehead atoms. The molecule has 1 rings (SSSR count). The van der Waals surface area contributed by atoms with Crippen molar-refractivity contribution in [1.82, 2.24) is 15.1 Å². The number of carbonyl (C=O) groups excluding carboxylic acids is 2. The molecule has 0 spiro atoms. The fourth-order valence-corrected chi connectivity index (χ4v) is 2.05. The van der Waals surface area contributed by atoms with Crippen LogP contribution >= 0.6 is 0 Å². The molecule has 0 heterocycles. The van der Waals surface area contributed by atoms with E-state index in [4.69, 9.17) is 4.74 Å². The minimum Gasteiger partial charge on any atom is -0.497 e. The lowest BCUT2D eigenvalue weighted by molar-refractivity contribution is -0.134. The third kappa shape index (κ3) is 7.65. The Labute approximate surface area is 138 Å². The fourth-order valence-electron chi connectivity index (χ4n) is 2.05. The van der Waals surface area contributed by atoms with Gasteiger partial charge in [0.05, 0.1) is 13.7 Å². The second-order valence-corrected chi connectivity index (χ2v) is 5.69. The molecule has 0 unspecified atom stereocenters. The van der Waals surface area contributed by atoms with Gasteiger partial charge in [-0.2, -0.15) is 0 Å². The van der Waals surface area contributed by atoms with Gasteiger partial charge in [-0.15, -0.1) is 0 Å². The Morgan fingerprint density at radius 3 is 2.30 bits per heavy atom. The minimum atomic E-state index is -0.128. The summed E-state index contributed by atoms with van der Waals surface area (Å²) < 4.78 is 5.12. The Hall–Kier alpha value is -2.08. The van der Waals surface area contributed by atoms with Gasteiger partial charge in [0.2, 0.25) is 11.8 Å². The van der Waals surface area contributed by atoms with Gasteiger partial charge in [0.15, 0.2) is 0 Å². The highest BCUT2D eigenvalue weighted by Crippen LogP contribution is 2.12. The predicted octanol–water partition coefficient (Wildman–Crippen LogP) is 0.764. The standard InChI is InChI=1S/C17H27N3O3/c1-14(21)20(13-17(22)18-10-12-19(2)3)11-9-15-5-7-16(23-4)8-6-15/h5-8H,9-13H2,1-4H3,(H,18,22). The molecule has 0 saturated carbocycles. The number of rotatable bonds is 9. The highest BCUT2D eigenvalue weighted by Gasteiger charge is 2.13. The third-order valence-electron chi connectivity index (χ3n) is 3.49. The van der Waals surface area contributed by atoms with E-state index in [2.05, 4.69) is 5.32 Å². The van der Waals surface area contributed by atoms with Gasteiger partial charge in [0.25, 0.3) is 0 Å². The van der Waals surface area contributed by atoms with Crippen LogP contribution in [-0.2, 0) is 16.0 Å². The predicted molar refractivity (Wildman–Crippen MR) is 90.5 cm³/mol. The molecule has 0 aliphatic rings. The van der Waals surface area contributed by atoms with Gasteiger partial charge in [-0.25, -0.2) is 0 Å². The average Bonchev–Trinajstić information content (AvgIpc) is 2.51. The summed E-state index contributed by atoms with van der Waals surface area (Å²) in [7, 11) is 5.52. The quantitative estimate of drug-likeness (QED) is 0.729. The average molecular weight is 321 g/mol. The van der Waals surface area contributed by atoms with Crippen LogP contribution in [0, 0.1) is 0 Å². The Morgan fingerprint density at radius 1 is 1.13 bits per heavy atom. The van der Waals surface area contributed by atoms with Gasteiger partial charge in [-0.3, -0.25) is 9.59 Å². The largest absolute Gasteiger partial charge is 0.497 e. The van der Waals surface area contributed by atoms with Crippen LogP contribution in [0.5, 0.6) is 5.75 Å². The molecule has 2 amide bonds. The van der Waals surface area contributed by atoms with E-state index in [1.54, 1.807) is 12.0 Å². The molecule has 0 aromatic heterocycles. The molecule has 0 fully saturated rings.